The summed E-state index contributed by atoms with van der Waals surface area (Å²) in [6.07, 6.45) is 0. The quantitative estimate of drug-likeness (QED) is 0.672. The lowest BCUT2D eigenvalue weighted by Crippen LogP contribution is -1.86. The molecule has 0 amide bonds. The van der Waals surface area contributed by atoms with Crippen LogP contribution in [0.2, 0.25) is 0 Å². The summed E-state index contributed by atoms with van der Waals surface area (Å²) in [5, 5.41) is 0. The molecular formula is C13H10BrN3. The number of anilines is 1. The van der Waals surface area contributed by atoms with E-state index in [2.05, 4.69) is 25.9 Å². The van der Waals surface area contributed by atoms with Gasteiger partial charge in [0.05, 0.1) is 5.52 Å². The molecule has 1 aromatic heterocycles. The predicted octanol–water partition coefficient (Wildman–Crippen LogP) is 3.57. The highest BCUT2D eigenvalue weighted by Gasteiger charge is 2.07. The number of para-hydroxylation sites is 1. The Hall–Kier alpha value is -1.81. The lowest BCUT2D eigenvalue weighted by atomic mass is 10.2. The second-order valence-corrected chi connectivity index (χ2v) is 4.70. The van der Waals surface area contributed by atoms with Gasteiger partial charge in [-0.25, -0.2) is 4.98 Å². The molecule has 84 valence electrons. The van der Waals surface area contributed by atoms with Gasteiger partial charge in [0, 0.05) is 15.7 Å². The predicted molar refractivity (Wildman–Crippen MR) is 73.6 cm³/mol. The Bertz CT molecular complexity index is 688. The summed E-state index contributed by atoms with van der Waals surface area (Å²) in [6, 6.07) is 13.6. The molecule has 0 fully saturated rings. The van der Waals surface area contributed by atoms with Crippen LogP contribution in [0.15, 0.2) is 46.9 Å². The lowest BCUT2D eigenvalue weighted by Gasteiger charge is -1.97. The smallest absolute Gasteiger partial charge is 0.138 e. The van der Waals surface area contributed by atoms with Crippen molar-refractivity contribution in [3.63, 3.8) is 0 Å². The van der Waals surface area contributed by atoms with Crippen molar-refractivity contribution in [1.29, 1.82) is 0 Å². The van der Waals surface area contributed by atoms with Gasteiger partial charge in [0.25, 0.3) is 0 Å². The molecule has 0 bridgehead atoms. The van der Waals surface area contributed by atoms with E-state index in [1.54, 1.807) is 0 Å². The largest absolute Gasteiger partial charge is 0.399 e. The van der Waals surface area contributed by atoms with E-state index in [1.807, 2.05) is 42.5 Å². The molecule has 17 heavy (non-hydrogen) atoms. The number of aromatic nitrogens is 2. The van der Waals surface area contributed by atoms with E-state index in [0.29, 0.717) is 0 Å². The maximum atomic E-state index is 5.77. The van der Waals surface area contributed by atoms with Crippen LogP contribution in [-0.2, 0) is 0 Å². The summed E-state index contributed by atoms with van der Waals surface area (Å²) in [4.78, 5) is 7.85. The Morgan fingerprint density at radius 2 is 1.94 bits per heavy atom. The van der Waals surface area contributed by atoms with Crippen molar-refractivity contribution in [3.8, 4) is 11.4 Å². The van der Waals surface area contributed by atoms with Crippen LogP contribution < -0.4 is 5.73 Å². The Morgan fingerprint density at radius 3 is 2.71 bits per heavy atom. The van der Waals surface area contributed by atoms with Gasteiger partial charge >= 0.3 is 0 Å². The zero-order valence-corrected chi connectivity index (χ0v) is 10.5. The molecule has 3 rings (SSSR count). The maximum Gasteiger partial charge on any atom is 0.138 e. The van der Waals surface area contributed by atoms with Crippen molar-refractivity contribution < 1.29 is 0 Å². The molecular weight excluding hydrogens is 278 g/mol. The fourth-order valence-corrected chi connectivity index (χ4v) is 2.27. The summed E-state index contributed by atoms with van der Waals surface area (Å²) >= 11 is 3.49. The molecule has 3 nitrogen and oxygen atoms in total. The van der Waals surface area contributed by atoms with E-state index in [-0.39, 0.29) is 0 Å². The molecule has 1 heterocycles. The molecule has 0 aliphatic carbocycles. The van der Waals surface area contributed by atoms with E-state index in [0.717, 1.165) is 32.6 Å². The van der Waals surface area contributed by atoms with Crippen molar-refractivity contribution in [1.82, 2.24) is 9.97 Å². The molecule has 0 radical (unpaired) electrons. The van der Waals surface area contributed by atoms with Crippen molar-refractivity contribution >= 4 is 32.7 Å². The first kappa shape index (κ1) is 10.4. The van der Waals surface area contributed by atoms with E-state index < -0.39 is 0 Å². The minimum atomic E-state index is 0.738. The highest BCUT2D eigenvalue weighted by Crippen LogP contribution is 2.26. The van der Waals surface area contributed by atoms with Gasteiger partial charge in [0.2, 0.25) is 0 Å². The third-order valence-corrected chi connectivity index (χ3v) is 3.26. The highest BCUT2D eigenvalue weighted by atomic mass is 79.9. The number of H-pyrrole nitrogens is 1. The van der Waals surface area contributed by atoms with Crippen molar-refractivity contribution in [2.75, 3.05) is 5.73 Å². The number of nitrogens with two attached hydrogens (primary N) is 1. The molecule has 0 unspecified atom stereocenters. The first-order valence-corrected chi connectivity index (χ1v) is 6.03. The maximum absolute atomic E-state index is 5.77. The molecule has 3 N–H and O–H groups in total. The van der Waals surface area contributed by atoms with Crippen LogP contribution in [-0.4, -0.2) is 9.97 Å². The first-order valence-electron chi connectivity index (χ1n) is 5.24. The first-order chi connectivity index (χ1) is 8.24. The lowest BCUT2D eigenvalue weighted by molar-refractivity contribution is 1.33. The average molecular weight is 288 g/mol. The van der Waals surface area contributed by atoms with Crippen LogP contribution in [0.25, 0.3) is 22.4 Å². The molecule has 0 spiro atoms. The number of aromatic amines is 1. The Kier molecular flexibility index (Phi) is 2.37. The fraction of sp³-hybridized carbons (Fsp3) is 0. The molecule has 3 aromatic rings. The van der Waals surface area contributed by atoms with Gasteiger partial charge in [0.1, 0.15) is 11.3 Å². The molecule has 0 saturated carbocycles. The highest BCUT2D eigenvalue weighted by molar-refractivity contribution is 9.10. The number of nitrogens with zero attached hydrogens (tertiary/aromatic N) is 1. The third-order valence-electron chi connectivity index (χ3n) is 2.62. The molecule has 0 aliphatic heterocycles. The van der Waals surface area contributed by atoms with E-state index in [9.17, 15) is 0 Å². The third kappa shape index (κ3) is 1.80. The number of imidazole rings is 1. The normalized spacial score (nSPS) is 10.9. The van der Waals surface area contributed by atoms with Crippen LogP contribution in [0.3, 0.4) is 0 Å². The van der Waals surface area contributed by atoms with Gasteiger partial charge in [-0.05, 0) is 40.2 Å². The number of halogens is 1. The number of hydrogen-bond donors (Lipinski definition) is 2. The standard InChI is InChI=1S/C13H10BrN3/c14-10-5-2-6-11-12(10)17-13(16-11)8-3-1-4-9(15)7-8/h1-7H,15H2,(H,16,17). The molecule has 0 atom stereocenters. The zero-order chi connectivity index (χ0) is 11.8. The zero-order valence-electron chi connectivity index (χ0n) is 8.94. The van der Waals surface area contributed by atoms with Crippen molar-refractivity contribution in [2.45, 2.75) is 0 Å². The Morgan fingerprint density at radius 1 is 1.12 bits per heavy atom. The Balaban J connectivity index is 2.22. The molecule has 4 heteroatoms. The van der Waals surface area contributed by atoms with Crippen LogP contribution in [0, 0.1) is 0 Å². The van der Waals surface area contributed by atoms with Crippen LogP contribution in [0.4, 0.5) is 5.69 Å². The number of fused-ring (bicyclic) bond motifs is 1. The summed E-state index contributed by atoms with van der Waals surface area (Å²) < 4.78 is 0.987. The summed E-state index contributed by atoms with van der Waals surface area (Å²) in [5.74, 6) is 0.833. The van der Waals surface area contributed by atoms with Crippen molar-refractivity contribution in [3.05, 3.63) is 46.9 Å². The van der Waals surface area contributed by atoms with Gasteiger partial charge in [-0.2, -0.15) is 0 Å². The molecule has 0 aliphatic rings. The summed E-state index contributed by atoms with van der Waals surface area (Å²) in [7, 11) is 0. The van der Waals surface area contributed by atoms with Gasteiger partial charge in [-0.3, -0.25) is 0 Å². The van der Waals surface area contributed by atoms with E-state index >= 15 is 0 Å². The van der Waals surface area contributed by atoms with Crippen molar-refractivity contribution in [2.24, 2.45) is 0 Å². The van der Waals surface area contributed by atoms with Crippen LogP contribution in [0.5, 0.6) is 0 Å². The van der Waals surface area contributed by atoms with E-state index in [1.165, 1.54) is 0 Å². The summed E-state index contributed by atoms with van der Waals surface area (Å²) in [6.45, 7) is 0. The van der Waals surface area contributed by atoms with Gasteiger partial charge in [-0.15, -0.1) is 0 Å². The minimum absolute atomic E-state index is 0.738. The minimum Gasteiger partial charge on any atom is -0.399 e. The summed E-state index contributed by atoms with van der Waals surface area (Å²) in [5.41, 5.74) is 9.45. The van der Waals surface area contributed by atoms with Gasteiger partial charge in [-0.1, -0.05) is 18.2 Å². The number of rotatable bonds is 1. The monoisotopic (exact) mass is 287 g/mol. The second-order valence-electron chi connectivity index (χ2n) is 3.85. The number of benzene rings is 2. The molecule has 0 saturated heterocycles. The number of nitrogen functional groups attached to an aromatic ring is 1. The Labute approximate surface area is 107 Å². The average Bonchev–Trinajstić information content (AvgIpc) is 2.74. The second kappa shape index (κ2) is 3.89. The van der Waals surface area contributed by atoms with E-state index in [4.69, 9.17) is 5.73 Å². The fourth-order valence-electron chi connectivity index (χ4n) is 1.82. The number of hydrogen-bond acceptors (Lipinski definition) is 2. The number of nitrogens with one attached hydrogen (secondary N) is 1. The van der Waals surface area contributed by atoms with Crippen LogP contribution >= 0.6 is 15.9 Å². The molecule has 2 aromatic carbocycles. The van der Waals surface area contributed by atoms with Gasteiger partial charge in [0.15, 0.2) is 0 Å². The van der Waals surface area contributed by atoms with Crippen LogP contribution in [0.1, 0.15) is 0 Å². The topological polar surface area (TPSA) is 54.7 Å². The SMILES string of the molecule is Nc1cccc(-c2nc3c(Br)cccc3[nH]2)c1. The van der Waals surface area contributed by atoms with Gasteiger partial charge < -0.3 is 10.7 Å².